The van der Waals surface area contributed by atoms with E-state index in [0.29, 0.717) is 11.3 Å². The Hall–Kier alpha value is -2.86. The summed E-state index contributed by atoms with van der Waals surface area (Å²) in [5.41, 5.74) is 2.31. The Balaban J connectivity index is 1.84. The van der Waals surface area contributed by atoms with Crippen LogP contribution in [0.15, 0.2) is 48.8 Å². The molecular weight excluding hydrogens is 357 g/mol. The number of hydrogen-bond acceptors (Lipinski definition) is 3. The number of carbonyl (C=O) groups is 1. The highest BCUT2D eigenvalue weighted by molar-refractivity contribution is 6.31. The van der Waals surface area contributed by atoms with E-state index in [1.807, 2.05) is 0 Å². The number of aromatic amines is 1. The van der Waals surface area contributed by atoms with Crippen LogP contribution in [0, 0.1) is 5.82 Å². The molecule has 2 aromatic carbocycles. The van der Waals surface area contributed by atoms with Gasteiger partial charge >= 0.3 is 0 Å². The Kier molecular flexibility index (Phi) is 5.23. The lowest BCUT2D eigenvalue weighted by molar-refractivity contribution is 0.0939. The molecule has 7 heteroatoms. The molecule has 0 radical (unpaired) electrons. The molecule has 2 N–H and O–H groups in total. The third-order valence-electron chi connectivity index (χ3n) is 4.05. The lowest BCUT2D eigenvalue weighted by Gasteiger charge is -2.17. The van der Waals surface area contributed by atoms with Crippen LogP contribution in [0.25, 0.3) is 11.1 Å². The Morgan fingerprint density at radius 1 is 1.35 bits per heavy atom. The van der Waals surface area contributed by atoms with Crippen molar-refractivity contribution in [3.8, 4) is 16.9 Å². The number of halogens is 2. The normalized spacial score (nSPS) is 11.8. The summed E-state index contributed by atoms with van der Waals surface area (Å²) in [5.74, 6) is -0.275. The van der Waals surface area contributed by atoms with Gasteiger partial charge in [0.25, 0.3) is 5.91 Å². The van der Waals surface area contributed by atoms with Gasteiger partial charge in [-0.3, -0.25) is 9.89 Å². The van der Waals surface area contributed by atoms with Crippen molar-refractivity contribution in [1.29, 1.82) is 0 Å². The monoisotopic (exact) mass is 373 g/mol. The minimum absolute atomic E-state index is 0.254. The van der Waals surface area contributed by atoms with E-state index in [2.05, 4.69) is 15.5 Å². The van der Waals surface area contributed by atoms with Gasteiger partial charge in [-0.25, -0.2) is 4.39 Å². The molecule has 1 amide bonds. The second-order valence-electron chi connectivity index (χ2n) is 5.73. The highest BCUT2D eigenvalue weighted by atomic mass is 35.5. The van der Waals surface area contributed by atoms with E-state index in [4.69, 9.17) is 16.3 Å². The summed E-state index contributed by atoms with van der Waals surface area (Å²) in [4.78, 5) is 12.6. The van der Waals surface area contributed by atoms with Crippen LogP contribution in [0.1, 0.15) is 28.9 Å². The molecule has 26 heavy (non-hydrogen) atoms. The molecule has 1 unspecified atom stereocenters. The van der Waals surface area contributed by atoms with Crippen LogP contribution in [-0.2, 0) is 0 Å². The van der Waals surface area contributed by atoms with E-state index in [9.17, 15) is 9.18 Å². The minimum Gasteiger partial charge on any atom is -0.496 e. The van der Waals surface area contributed by atoms with Crippen molar-refractivity contribution in [2.45, 2.75) is 13.0 Å². The number of ether oxygens (including phenoxy) is 1. The number of methoxy groups -OCH3 is 1. The maximum atomic E-state index is 14.0. The average Bonchev–Trinajstić information content (AvgIpc) is 3.15. The lowest BCUT2D eigenvalue weighted by atomic mass is 10.0. The van der Waals surface area contributed by atoms with Crippen molar-refractivity contribution in [1.82, 2.24) is 15.5 Å². The predicted octanol–water partition coefficient (Wildman–Crippen LogP) is 4.37. The molecule has 3 aromatic rings. The van der Waals surface area contributed by atoms with Gasteiger partial charge in [0.05, 0.1) is 19.3 Å². The fraction of sp³-hybridized carbons (Fsp3) is 0.158. The number of nitrogens with zero attached hydrogens (tertiary/aromatic N) is 1. The van der Waals surface area contributed by atoms with Gasteiger partial charge in [-0.15, -0.1) is 0 Å². The summed E-state index contributed by atoms with van der Waals surface area (Å²) in [6.07, 6.45) is 3.40. The molecule has 0 fully saturated rings. The number of amides is 1. The maximum Gasteiger partial charge on any atom is 0.251 e. The lowest BCUT2D eigenvalue weighted by Crippen LogP contribution is -2.27. The van der Waals surface area contributed by atoms with Crippen molar-refractivity contribution < 1.29 is 13.9 Å². The molecule has 0 aliphatic rings. The largest absolute Gasteiger partial charge is 0.496 e. The third kappa shape index (κ3) is 3.55. The molecule has 0 saturated heterocycles. The molecule has 1 atom stereocenters. The quantitative estimate of drug-likeness (QED) is 0.697. The molecule has 5 nitrogen and oxygen atoms in total. The predicted molar refractivity (Wildman–Crippen MR) is 97.9 cm³/mol. The summed E-state index contributed by atoms with van der Waals surface area (Å²) < 4.78 is 19.4. The zero-order chi connectivity index (χ0) is 18.7. The Morgan fingerprint density at radius 2 is 2.15 bits per heavy atom. The molecule has 134 valence electrons. The summed E-state index contributed by atoms with van der Waals surface area (Å²) in [6.45, 7) is 1.68. The van der Waals surface area contributed by atoms with Crippen molar-refractivity contribution >= 4 is 17.5 Å². The van der Waals surface area contributed by atoms with Gasteiger partial charge in [-0.2, -0.15) is 5.10 Å². The SMILES string of the molecule is COc1cc(C(=O)NC(C)c2c(F)cccc2Cl)ccc1-c1cn[nH]c1. The first-order valence-corrected chi connectivity index (χ1v) is 8.31. The van der Waals surface area contributed by atoms with Crippen LogP contribution in [0.4, 0.5) is 4.39 Å². The van der Waals surface area contributed by atoms with Gasteiger partial charge < -0.3 is 10.1 Å². The number of benzene rings is 2. The molecule has 0 spiro atoms. The Morgan fingerprint density at radius 3 is 2.81 bits per heavy atom. The Labute approximate surface area is 155 Å². The van der Waals surface area contributed by atoms with E-state index >= 15 is 0 Å². The zero-order valence-corrected chi connectivity index (χ0v) is 15.0. The molecule has 0 bridgehead atoms. The summed E-state index contributed by atoms with van der Waals surface area (Å²) in [5, 5.41) is 9.68. The van der Waals surface area contributed by atoms with Gasteiger partial charge in [0.2, 0.25) is 0 Å². The van der Waals surface area contributed by atoms with Gasteiger partial charge in [-0.05, 0) is 37.3 Å². The molecule has 3 rings (SSSR count). The summed E-state index contributed by atoms with van der Waals surface area (Å²) >= 11 is 6.06. The summed E-state index contributed by atoms with van der Waals surface area (Å²) in [7, 11) is 1.53. The first-order valence-electron chi connectivity index (χ1n) is 7.93. The third-order valence-corrected chi connectivity index (χ3v) is 4.38. The van der Waals surface area contributed by atoms with Crippen LogP contribution in [-0.4, -0.2) is 23.2 Å². The van der Waals surface area contributed by atoms with Crippen LogP contribution in [0.5, 0.6) is 5.75 Å². The average molecular weight is 374 g/mol. The molecule has 1 aromatic heterocycles. The Bertz CT molecular complexity index is 908. The van der Waals surface area contributed by atoms with Crippen LogP contribution >= 0.6 is 11.6 Å². The number of hydrogen-bond donors (Lipinski definition) is 2. The molecule has 0 aliphatic carbocycles. The topological polar surface area (TPSA) is 67.0 Å². The second kappa shape index (κ2) is 7.58. The van der Waals surface area contributed by atoms with Gasteiger partial charge in [0.1, 0.15) is 11.6 Å². The number of carbonyl (C=O) groups excluding carboxylic acids is 1. The van der Waals surface area contributed by atoms with Crippen LogP contribution < -0.4 is 10.1 Å². The molecule has 0 saturated carbocycles. The summed E-state index contributed by atoms with van der Waals surface area (Å²) in [6, 6.07) is 8.92. The molecule has 0 aliphatic heterocycles. The van der Waals surface area contributed by atoms with E-state index in [0.717, 1.165) is 11.1 Å². The second-order valence-corrected chi connectivity index (χ2v) is 6.14. The minimum atomic E-state index is -0.587. The highest BCUT2D eigenvalue weighted by Crippen LogP contribution is 2.31. The number of aromatic nitrogens is 2. The van der Waals surface area contributed by atoms with Crippen molar-refractivity contribution in [2.75, 3.05) is 7.11 Å². The highest BCUT2D eigenvalue weighted by Gasteiger charge is 2.19. The van der Waals surface area contributed by atoms with E-state index in [1.54, 1.807) is 43.6 Å². The number of rotatable bonds is 5. The van der Waals surface area contributed by atoms with Crippen LogP contribution in [0.2, 0.25) is 5.02 Å². The van der Waals surface area contributed by atoms with Gasteiger partial charge in [0, 0.05) is 33.5 Å². The van der Waals surface area contributed by atoms with Gasteiger partial charge in [0.15, 0.2) is 0 Å². The molecule has 1 heterocycles. The number of H-pyrrole nitrogens is 1. The van der Waals surface area contributed by atoms with E-state index in [1.165, 1.54) is 19.2 Å². The van der Waals surface area contributed by atoms with E-state index < -0.39 is 11.9 Å². The van der Waals surface area contributed by atoms with Gasteiger partial charge in [-0.1, -0.05) is 17.7 Å². The van der Waals surface area contributed by atoms with Crippen molar-refractivity contribution in [2.24, 2.45) is 0 Å². The first-order chi connectivity index (χ1) is 12.5. The van der Waals surface area contributed by atoms with Crippen LogP contribution in [0.3, 0.4) is 0 Å². The standard InChI is InChI=1S/C19H17ClFN3O2/c1-11(18-15(20)4-3-5-16(18)21)24-19(25)12-6-7-14(17(8-12)26-2)13-9-22-23-10-13/h3-11H,1-2H3,(H,22,23)(H,24,25). The van der Waals surface area contributed by atoms with Crippen molar-refractivity contribution in [3.05, 3.63) is 70.8 Å². The first kappa shape index (κ1) is 17.9. The fourth-order valence-corrected chi connectivity index (χ4v) is 3.07. The fourth-order valence-electron chi connectivity index (χ4n) is 2.75. The number of nitrogens with one attached hydrogen (secondary N) is 2. The zero-order valence-electron chi connectivity index (χ0n) is 14.2. The molecular formula is C19H17ClFN3O2. The maximum absolute atomic E-state index is 14.0. The van der Waals surface area contributed by atoms with Crippen molar-refractivity contribution in [3.63, 3.8) is 0 Å². The van der Waals surface area contributed by atoms with E-state index in [-0.39, 0.29) is 16.5 Å². The smallest absolute Gasteiger partial charge is 0.251 e.